The first-order valence-corrected chi connectivity index (χ1v) is 6.58. The van der Waals surface area contributed by atoms with Gasteiger partial charge in [-0.15, -0.1) is 0 Å². The van der Waals surface area contributed by atoms with Crippen LogP contribution in [0.1, 0.15) is 25.0 Å². The molecule has 0 atom stereocenters. The minimum atomic E-state index is -0.618. The van der Waals surface area contributed by atoms with E-state index in [0.717, 1.165) is 11.1 Å². The van der Waals surface area contributed by atoms with Crippen LogP contribution in [0.15, 0.2) is 48.5 Å². The maximum absolute atomic E-state index is 12.5. The van der Waals surface area contributed by atoms with Crippen molar-refractivity contribution in [1.82, 2.24) is 0 Å². The van der Waals surface area contributed by atoms with E-state index in [1.165, 1.54) is 0 Å². The average molecular weight is 269 g/mol. The molecule has 0 saturated heterocycles. The highest BCUT2D eigenvalue weighted by atomic mass is 16.3. The molecule has 0 heterocycles. The van der Waals surface area contributed by atoms with Crippen LogP contribution in [0.25, 0.3) is 0 Å². The summed E-state index contributed by atoms with van der Waals surface area (Å²) in [5, 5.41) is 12.4. The first-order valence-electron chi connectivity index (χ1n) is 6.58. The number of benzene rings is 2. The molecule has 0 radical (unpaired) electrons. The summed E-state index contributed by atoms with van der Waals surface area (Å²) >= 11 is 0. The van der Waals surface area contributed by atoms with Gasteiger partial charge in [0.2, 0.25) is 5.91 Å². The number of hydrogen-bond acceptors (Lipinski definition) is 2. The Hall–Kier alpha value is -2.29. The molecular formula is C17H19NO2. The van der Waals surface area contributed by atoms with Crippen LogP contribution >= 0.6 is 0 Å². The first kappa shape index (κ1) is 14.1. The van der Waals surface area contributed by atoms with Crippen molar-refractivity contribution in [3.63, 3.8) is 0 Å². The van der Waals surface area contributed by atoms with Crippen molar-refractivity contribution in [3.05, 3.63) is 59.7 Å². The highest BCUT2D eigenvalue weighted by molar-refractivity contribution is 5.98. The third kappa shape index (κ3) is 2.82. The predicted molar refractivity (Wildman–Crippen MR) is 80.9 cm³/mol. The highest BCUT2D eigenvalue weighted by Gasteiger charge is 2.29. The molecule has 0 saturated carbocycles. The molecule has 0 aliphatic rings. The zero-order chi connectivity index (χ0) is 14.8. The molecule has 0 aliphatic heterocycles. The number of carbonyl (C=O) groups excluding carboxylic acids is 1. The monoisotopic (exact) mass is 269 g/mol. The first-order chi connectivity index (χ1) is 9.41. The standard InChI is InChI=1S/C17H19NO2/c1-12-11-14(9-10-15(12)19)18-16(20)17(2,3)13-7-5-4-6-8-13/h4-11,19H,1-3H3,(H,18,20). The van der Waals surface area contributed by atoms with Gasteiger partial charge in [-0.05, 0) is 50.1 Å². The molecule has 104 valence electrons. The van der Waals surface area contributed by atoms with Gasteiger partial charge in [0.1, 0.15) is 5.75 Å². The summed E-state index contributed by atoms with van der Waals surface area (Å²) in [4.78, 5) is 12.5. The predicted octanol–water partition coefficient (Wildman–Crippen LogP) is 3.62. The molecule has 0 bridgehead atoms. The number of hydrogen-bond donors (Lipinski definition) is 2. The van der Waals surface area contributed by atoms with Gasteiger partial charge in [0, 0.05) is 5.69 Å². The van der Waals surface area contributed by atoms with Crippen LogP contribution in [0.3, 0.4) is 0 Å². The molecule has 20 heavy (non-hydrogen) atoms. The van der Waals surface area contributed by atoms with Crippen molar-refractivity contribution < 1.29 is 9.90 Å². The van der Waals surface area contributed by atoms with Gasteiger partial charge in [-0.2, -0.15) is 0 Å². The Balaban J connectivity index is 2.21. The van der Waals surface area contributed by atoms with E-state index in [2.05, 4.69) is 5.32 Å². The topological polar surface area (TPSA) is 49.3 Å². The molecular weight excluding hydrogens is 250 g/mol. The van der Waals surface area contributed by atoms with E-state index >= 15 is 0 Å². The number of phenols is 1. The third-order valence-corrected chi connectivity index (χ3v) is 3.52. The van der Waals surface area contributed by atoms with Crippen molar-refractivity contribution in [2.75, 3.05) is 5.32 Å². The Kier molecular flexibility index (Phi) is 3.79. The number of amides is 1. The molecule has 0 aliphatic carbocycles. The number of carbonyl (C=O) groups is 1. The van der Waals surface area contributed by atoms with Crippen molar-refractivity contribution in [2.24, 2.45) is 0 Å². The summed E-state index contributed by atoms with van der Waals surface area (Å²) in [7, 11) is 0. The second-order valence-electron chi connectivity index (χ2n) is 5.45. The summed E-state index contributed by atoms with van der Waals surface area (Å²) in [6, 6.07) is 14.7. The number of aryl methyl sites for hydroxylation is 1. The van der Waals surface area contributed by atoms with Gasteiger partial charge in [0.25, 0.3) is 0 Å². The van der Waals surface area contributed by atoms with E-state index < -0.39 is 5.41 Å². The summed E-state index contributed by atoms with van der Waals surface area (Å²) in [6.45, 7) is 5.59. The van der Waals surface area contributed by atoms with E-state index in [0.29, 0.717) is 5.69 Å². The normalized spacial score (nSPS) is 11.2. The van der Waals surface area contributed by atoms with Gasteiger partial charge in [0.05, 0.1) is 5.41 Å². The lowest BCUT2D eigenvalue weighted by molar-refractivity contribution is -0.120. The van der Waals surface area contributed by atoms with Gasteiger partial charge in [-0.3, -0.25) is 4.79 Å². The van der Waals surface area contributed by atoms with Gasteiger partial charge < -0.3 is 10.4 Å². The van der Waals surface area contributed by atoms with Crippen LogP contribution in [0.5, 0.6) is 5.75 Å². The fraction of sp³-hybridized carbons (Fsp3) is 0.235. The number of anilines is 1. The van der Waals surface area contributed by atoms with E-state index in [1.807, 2.05) is 44.2 Å². The average Bonchev–Trinajstić information content (AvgIpc) is 2.44. The molecule has 2 N–H and O–H groups in total. The van der Waals surface area contributed by atoms with Crippen LogP contribution in [0.4, 0.5) is 5.69 Å². The molecule has 2 aromatic rings. The number of aromatic hydroxyl groups is 1. The molecule has 0 unspecified atom stereocenters. The van der Waals surface area contributed by atoms with Gasteiger partial charge in [-0.1, -0.05) is 30.3 Å². The zero-order valence-corrected chi connectivity index (χ0v) is 12.0. The Bertz CT molecular complexity index is 618. The lowest BCUT2D eigenvalue weighted by Crippen LogP contribution is -2.34. The summed E-state index contributed by atoms with van der Waals surface area (Å²) < 4.78 is 0. The maximum Gasteiger partial charge on any atom is 0.234 e. The Morgan fingerprint density at radius 2 is 1.75 bits per heavy atom. The van der Waals surface area contributed by atoms with Crippen LogP contribution in [0.2, 0.25) is 0 Å². The summed E-state index contributed by atoms with van der Waals surface area (Å²) in [5.41, 5.74) is 1.77. The molecule has 2 aromatic carbocycles. The highest BCUT2D eigenvalue weighted by Crippen LogP contribution is 2.26. The molecule has 1 amide bonds. The van der Waals surface area contributed by atoms with E-state index in [-0.39, 0.29) is 11.7 Å². The second-order valence-corrected chi connectivity index (χ2v) is 5.45. The summed E-state index contributed by atoms with van der Waals surface area (Å²) in [5.74, 6) is 0.152. The summed E-state index contributed by atoms with van der Waals surface area (Å²) in [6.07, 6.45) is 0. The molecule has 2 rings (SSSR count). The van der Waals surface area contributed by atoms with Crippen LogP contribution in [0, 0.1) is 6.92 Å². The Morgan fingerprint density at radius 3 is 2.35 bits per heavy atom. The largest absolute Gasteiger partial charge is 0.508 e. The minimum absolute atomic E-state index is 0.0752. The van der Waals surface area contributed by atoms with E-state index in [4.69, 9.17) is 0 Å². The minimum Gasteiger partial charge on any atom is -0.508 e. The van der Waals surface area contributed by atoms with Gasteiger partial charge >= 0.3 is 0 Å². The molecule has 3 nitrogen and oxygen atoms in total. The Labute approximate surface area is 119 Å². The van der Waals surface area contributed by atoms with E-state index in [9.17, 15) is 9.90 Å². The third-order valence-electron chi connectivity index (χ3n) is 3.52. The number of phenolic OH excluding ortho intramolecular Hbond substituents is 1. The van der Waals surface area contributed by atoms with Crippen LogP contribution < -0.4 is 5.32 Å². The fourth-order valence-corrected chi connectivity index (χ4v) is 2.01. The van der Waals surface area contributed by atoms with Crippen LogP contribution in [-0.2, 0) is 10.2 Å². The lowest BCUT2D eigenvalue weighted by atomic mass is 9.83. The Morgan fingerprint density at radius 1 is 1.10 bits per heavy atom. The molecule has 0 spiro atoms. The quantitative estimate of drug-likeness (QED) is 0.836. The van der Waals surface area contributed by atoms with Crippen molar-refractivity contribution >= 4 is 11.6 Å². The van der Waals surface area contributed by atoms with Crippen molar-refractivity contribution in [3.8, 4) is 5.75 Å². The van der Waals surface area contributed by atoms with Crippen molar-refractivity contribution in [1.29, 1.82) is 0 Å². The number of rotatable bonds is 3. The maximum atomic E-state index is 12.5. The second kappa shape index (κ2) is 5.37. The van der Waals surface area contributed by atoms with Gasteiger partial charge in [0.15, 0.2) is 0 Å². The number of nitrogens with one attached hydrogen (secondary N) is 1. The van der Waals surface area contributed by atoms with Crippen LogP contribution in [-0.4, -0.2) is 11.0 Å². The SMILES string of the molecule is Cc1cc(NC(=O)C(C)(C)c2ccccc2)ccc1O. The van der Waals surface area contributed by atoms with Crippen molar-refractivity contribution in [2.45, 2.75) is 26.2 Å². The molecule has 0 fully saturated rings. The zero-order valence-electron chi connectivity index (χ0n) is 12.0. The fourth-order valence-electron chi connectivity index (χ4n) is 2.01. The lowest BCUT2D eigenvalue weighted by Gasteiger charge is -2.24. The molecule has 0 aromatic heterocycles. The smallest absolute Gasteiger partial charge is 0.234 e. The van der Waals surface area contributed by atoms with E-state index in [1.54, 1.807) is 25.1 Å². The van der Waals surface area contributed by atoms with Gasteiger partial charge in [-0.25, -0.2) is 0 Å². The molecule has 3 heteroatoms.